The van der Waals surface area contributed by atoms with Gasteiger partial charge in [0.2, 0.25) is 0 Å². The zero-order chi connectivity index (χ0) is 16.1. The van der Waals surface area contributed by atoms with Crippen LogP contribution in [0.3, 0.4) is 0 Å². The highest BCUT2D eigenvalue weighted by molar-refractivity contribution is 7.82. The van der Waals surface area contributed by atoms with Crippen molar-refractivity contribution in [2.45, 2.75) is 0 Å². The van der Waals surface area contributed by atoms with Crippen LogP contribution in [-0.2, 0) is 4.79 Å². The Morgan fingerprint density at radius 2 is 1.86 bits per heavy atom. The number of amides is 1. The largest absolute Gasteiger partial charge is 0.388 e. The summed E-state index contributed by atoms with van der Waals surface area (Å²) in [6, 6.07) is 5.61. The predicted octanol–water partition coefficient (Wildman–Crippen LogP) is 0.654. The molecule has 0 aliphatic carbocycles. The van der Waals surface area contributed by atoms with Gasteiger partial charge in [-0.1, -0.05) is 12.2 Å². The fourth-order valence-electron chi connectivity index (χ4n) is 2.01. The van der Waals surface area contributed by atoms with E-state index in [0.29, 0.717) is 18.8 Å². The van der Waals surface area contributed by atoms with Gasteiger partial charge in [0.1, 0.15) is 10.8 Å². The van der Waals surface area contributed by atoms with E-state index in [-0.39, 0.29) is 22.4 Å². The van der Waals surface area contributed by atoms with E-state index in [0.717, 1.165) is 13.1 Å². The maximum Gasteiger partial charge on any atom is 0.277 e. The predicted molar refractivity (Wildman–Crippen MR) is 88.3 cm³/mol. The number of halogens is 1. The average molecular weight is 323 g/mol. The molecule has 1 aliphatic rings. The molecule has 1 aromatic rings. The molecule has 0 aromatic heterocycles. The van der Waals surface area contributed by atoms with E-state index in [1.54, 1.807) is 4.90 Å². The first kappa shape index (κ1) is 16.3. The lowest BCUT2D eigenvalue weighted by Crippen LogP contribution is -2.51. The molecule has 0 unspecified atom stereocenters. The number of carbonyl (C=O) groups is 1. The highest BCUT2D eigenvalue weighted by Crippen LogP contribution is 2.08. The summed E-state index contributed by atoms with van der Waals surface area (Å²) in [4.78, 5) is 16.2. The monoisotopic (exact) mass is 323 g/mol. The highest BCUT2D eigenvalue weighted by atomic mass is 32.1. The molecule has 0 saturated carbocycles. The first-order chi connectivity index (χ1) is 10.5. The van der Waals surface area contributed by atoms with Gasteiger partial charge in [-0.3, -0.25) is 10.2 Å². The first-order valence-corrected chi connectivity index (χ1v) is 7.25. The third kappa shape index (κ3) is 4.22. The number of benzene rings is 1. The Balaban J connectivity index is 2.08. The molecule has 8 heteroatoms. The Morgan fingerprint density at radius 1 is 1.27 bits per heavy atom. The fourth-order valence-corrected chi connectivity index (χ4v) is 2.15. The Bertz CT molecular complexity index is 581. The topological polar surface area (TPSA) is 74.0 Å². The zero-order valence-corrected chi connectivity index (χ0v) is 13.1. The third-order valence-corrected chi connectivity index (χ3v) is 3.56. The number of piperazine rings is 1. The smallest absolute Gasteiger partial charge is 0.277 e. The summed E-state index contributed by atoms with van der Waals surface area (Å²) in [5, 5.41) is 3.99. The first-order valence-electron chi connectivity index (χ1n) is 6.84. The van der Waals surface area contributed by atoms with Crippen molar-refractivity contribution in [2.75, 3.05) is 38.7 Å². The summed E-state index contributed by atoms with van der Waals surface area (Å²) < 4.78 is 12.8. The van der Waals surface area contributed by atoms with Crippen molar-refractivity contribution < 1.29 is 9.18 Å². The number of anilines is 1. The number of hydrazone groups is 1. The number of nitrogens with one attached hydrogen (secondary N) is 1. The van der Waals surface area contributed by atoms with Crippen LogP contribution in [0.2, 0.25) is 0 Å². The number of carbonyl (C=O) groups excluding carboxylic acids is 1. The average Bonchev–Trinajstić information content (AvgIpc) is 2.49. The Labute approximate surface area is 133 Å². The number of nitrogens with two attached hydrogens (primary N) is 1. The minimum Gasteiger partial charge on any atom is -0.388 e. The number of rotatable bonds is 4. The molecule has 1 aromatic carbocycles. The molecule has 0 radical (unpaired) electrons. The summed E-state index contributed by atoms with van der Waals surface area (Å²) in [6.07, 6.45) is 0. The maximum atomic E-state index is 12.8. The van der Waals surface area contributed by atoms with E-state index >= 15 is 0 Å². The van der Waals surface area contributed by atoms with Crippen molar-refractivity contribution in [2.24, 2.45) is 10.8 Å². The number of hydrogen-bond acceptors (Lipinski definition) is 5. The summed E-state index contributed by atoms with van der Waals surface area (Å²) in [6.45, 7) is 2.80. The molecule has 1 aliphatic heterocycles. The van der Waals surface area contributed by atoms with Crippen molar-refractivity contribution in [1.82, 2.24) is 9.80 Å². The normalized spacial score (nSPS) is 16.5. The lowest BCUT2D eigenvalue weighted by Gasteiger charge is -2.32. The van der Waals surface area contributed by atoms with Gasteiger partial charge in [-0.25, -0.2) is 4.39 Å². The summed E-state index contributed by atoms with van der Waals surface area (Å²) in [5.41, 5.74) is 8.83. The zero-order valence-electron chi connectivity index (χ0n) is 12.3. The molecule has 22 heavy (non-hydrogen) atoms. The molecule has 3 N–H and O–H groups in total. The highest BCUT2D eigenvalue weighted by Gasteiger charge is 2.25. The standard InChI is InChI=1S/C14H18FN5OS/c1-19-6-8-20(9-7-19)14(21)12(13(16)22)18-17-11-4-2-10(15)3-5-11/h2-5,17H,6-9H2,1H3,(H2,16,22)/b18-12-. The molecule has 1 fully saturated rings. The summed E-state index contributed by atoms with van der Waals surface area (Å²) in [5.74, 6) is -0.646. The van der Waals surface area contributed by atoms with Crippen molar-refractivity contribution in [3.8, 4) is 0 Å². The number of likely N-dealkylation sites (N-methyl/N-ethyl adjacent to an activating group) is 1. The Hall–Kier alpha value is -2.06. The second-order valence-corrected chi connectivity index (χ2v) is 5.48. The quantitative estimate of drug-likeness (QED) is 0.484. The van der Waals surface area contributed by atoms with E-state index in [4.69, 9.17) is 18.0 Å². The van der Waals surface area contributed by atoms with Gasteiger partial charge in [0, 0.05) is 26.2 Å². The molecule has 1 heterocycles. The minimum absolute atomic E-state index is 0.00359. The minimum atomic E-state index is -0.349. The molecular formula is C14H18FN5OS. The fraction of sp³-hybridized carbons (Fsp3) is 0.357. The molecule has 0 bridgehead atoms. The van der Waals surface area contributed by atoms with Gasteiger partial charge in [-0.15, -0.1) is 0 Å². The lowest BCUT2D eigenvalue weighted by atomic mass is 10.2. The second kappa shape index (κ2) is 7.28. The third-order valence-electron chi connectivity index (χ3n) is 3.37. The van der Waals surface area contributed by atoms with Gasteiger partial charge in [-0.2, -0.15) is 5.10 Å². The molecule has 1 saturated heterocycles. The summed E-state index contributed by atoms with van der Waals surface area (Å²) >= 11 is 4.91. The van der Waals surface area contributed by atoms with Crippen LogP contribution >= 0.6 is 12.2 Å². The van der Waals surface area contributed by atoms with Crippen LogP contribution in [0.5, 0.6) is 0 Å². The molecular weight excluding hydrogens is 305 g/mol. The van der Waals surface area contributed by atoms with Crippen LogP contribution in [0.25, 0.3) is 0 Å². The maximum absolute atomic E-state index is 12.8. The SMILES string of the molecule is CN1CCN(C(=O)/C(=N\Nc2ccc(F)cc2)C(N)=S)CC1. The van der Waals surface area contributed by atoms with Crippen LogP contribution in [0, 0.1) is 5.82 Å². The van der Waals surface area contributed by atoms with Gasteiger partial charge >= 0.3 is 0 Å². The number of nitrogens with zero attached hydrogens (tertiary/aromatic N) is 3. The summed E-state index contributed by atoms with van der Waals surface area (Å²) in [7, 11) is 2.00. The van der Waals surface area contributed by atoms with Crippen molar-refractivity contribution >= 4 is 34.5 Å². The number of thiocarbonyl (C=S) groups is 1. The van der Waals surface area contributed by atoms with E-state index in [9.17, 15) is 9.18 Å². The van der Waals surface area contributed by atoms with Crippen LogP contribution in [0.4, 0.5) is 10.1 Å². The van der Waals surface area contributed by atoms with Gasteiger partial charge < -0.3 is 15.5 Å². The van der Waals surface area contributed by atoms with Crippen LogP contribution in [0.1, 0.15) is 0 Å². The lowest BCUT2D eigenvalue weighted by molar-refractivity contribution is -0.125. The molecule has 0 spiro atoms. The van der Waals surface area contributed by atoms with E-state index in [2.05, 4.69) is 15.4 Å². The van der Waals surface area contributed by atoms with Gasteiger partial charge in [0.15, 0.2) is 5.71 Å². The van der Waals surface area contributed by atoms with E-state index in [1.165, 1.54) is 24.3 Å². The molecule has 118 valence electrons. The molecule has 0 atom stereocenters. The van der Waals surface area contributed by atoms with Crippen LogP contribution < -0.4 is 11.2 Å². The molecule has 6 nitrogen and oxygen atoms in total. The van der Waals surface area contributed by atoms with E-state index in [1.807, 2.05) is 7.05 Å². The van der Waals surface area contributed by atoms with E-state index < -0.39 is 0 Å². The molecule has 1 amide bonds. The van der Waals surface area contributed by atoms with Crippen LogP contribution in [-0.4, -0.2) is 59.6 Å². The van der Waals surface area contributed by atoms with Gasteiger partial charge in [-0.05, 0) is 31.3 Å². The van der Waals surface area contributed by atoms with Gasteiger partial charge in [0.05, 0.1) is 5.69 Å². The second-order valence-electron chi connectivity index (χ2n) is 5.04. The van der Waals surface area contributed by atoms with Crippen LogP contribution in [0.15, 0.2) is 29.4 Å². The van der Waals surface area contributed by atoms with Gasteiger partial charge in [0.25, 0.3) is 5.91 Å². The Morgan fingerprint density at radius 3 is 2.41 bits per heavy atom. The van der Waals surface area contributed by atoms with Crippen molar-refractivity contribution in [3.63, 3.8) is 0 Å². The van der Waals surface area contributed by atoms with Crippen molar-refractivity contribution in [3.05, 3.63) is 30.1 Å². The number of hydrogen-bond donors (Lipinski definition) is 2. The Kier molecular flexibility index (Phi) is 5.40. The van der Waals surface area contributed by atoms with Crippen molar-refractivity contribution in [1.29, 1.82) is 0 Å². The molecule has 2 rings (SSSR count).